The number of rotatable bonds is 7. The first-order valence-electron chi connectivity index (χ1n) is 16.4. The molecule has 0 radical (unpaired) electrons. The van der Waals surface area contributed by atoms with Gasteiger partial charge in [0.2, 0.25) is 0 Å². The van der Waals surface area contributed by atoms with Gasteiger partial charge in [-0.15, -0.1) is 0 Å². The number of esters is 2. The lowest BCUT2D eigenvalue weighted by Gasteiger charge is -2.30. The fourth-order valence-corrected chi connectivity index (χ4v) is 6.56. The van der Waals surface area contributed by atoms with Crippen molar-refractivity contribution in [3.8, 4) is 11.5 Å². The van der Waals surface area contributed by atoms with Gasteiger partial charge in [-0.1, -0.05) is 83.9 Å². The second-order valence-electron chi connectivity index (χ2n) is 12.7. The number of aryl methyl sites for hydroxylation is 2. The Balaban J connectivity index is 1.43. The summed E-state index contributed by atoms with van der Waals surface area (Å²) in [6.45, 7) is 3.77. The zero-order chi connectivity index (χ0) is 35.8. The average Bonchev–Trinajstić information content (AvgIpc) is 3.11. The fourth-order valence-electron chi connectivity index (χ4n) is 6.56. The minimum atomic E-state index is -1.35. The van der Waals surface area contributed by atoms with Crippen LogP contribution in [0.25, 0.3) is 11.5 Å². The van der Waals surface area contributed by atoms with E-state index in [0.717, 1.165) is 11.1 Å². The summed E-state index contributed by atoms with van der Waals surface area (Å²) in [5.74, 6) is -4.49. The summed E-state index contributed by atoms with van der Waals surface area (Å²) in [5.41, 5.74) is 4.37. The van der Waals surface area contributed by atoms with E-state index in [2.05, 4.69) is 0 Å². The van der Waals surface area contributed by atoms with Crippen molar-refractivity contribution in [1.82, 2.24) is 0 Å². The molecule has 2 aliphatic carbocycles. The summed E-state index contributed by atoms with van der Waals surface area (Å²) in [6.07, 6.45) is -0.134. The third-order valence-electron chi connectivity index (χ3n) is 9.17. The van der Waals surface area contributed by atoms with E-state index in [4.69, 9.17) is 9.47 Å². The molecule has 8 nitrogen and oxygen atoms in total. The Morgan fingerprint density at radius 2 is 0.961 bits per heavy atom. The first-order valence-corrected chi connectivity index (χ1v) is 16.4. The van der Waals surface area contributed by atoms with Gasteiger partial charge in [-0.3, -0.25) is 9.59 Å². The predicted octanol–water partition coefficient (Wildman–Crippen LogP) is 8.01. The quantitative estimate of drug-likeness (QED) is 0.131. The topological polar surface area (TPSA) is 127 Å². The van der Waals surface area contributed by atoms with Crippen LogP contribution >= 0.6 is 0 Å². The number of hydrogen-bond acceptors (Lipinski definition) is 8. The van der Waals surface area contributed by atoms with Crippen molar-refractivity contribution in [2.24, 2.45) is 0 Å². The van der Waals surface area contributed by atoms with E-state index < -0.39 is 29.4 Å². The number of aliphatic hydroxyl groups excluding tert-OH is 2. The summed E-state index contributed by atoms with van der Waals surface area (Å²) >= 11 is 0. The molecule has 5 aromatic carbocycles. The van der Waals surface area contributed by atoms with Crippen LogP contribution < -0.4 is 9.47 Å². The number of ether oxygens (including phenoxy) is 2. The molecule has 0 spiro atoms. The van der Waals surface area contributed by atoms with Crippen molar-refractivity contribution >= 4 is 35.0 Å². The van der Waals surface area contributed by atoms with E-state index in [1.165, 1.54) is 18.2 Å². The third kappa shape index (κ3) is 6.47. The number of ketones is 2. The molecular formula is C43H32O8. The van der Waals surface area contributed by atoms with E-state index in [1.54, 1.807) is 97.1 Å². The molecule has 0 aromatic heterocycles. The lowest BCUT2D eigenvalue weighted by atomic mass is 9.72. The van der Waals surface area contributed by atoms with Crippen molar-refractivity contribution < 1.29 is 38.9 Å². The normalized spacial score (nSPS) is 13.9. The second kappa shape index (κ2) is 13.4. The van der Waals surface area contributed by atoms with Crippen LogP contribution in [0, 0.1) is 13.8 Å². The Kier molecular flexibility index (Phi) is 8.67. The molecule has 0 bridgehead atoms. The molecule has 0 heterocycles. The summed E-state index contributed by atoms with van der Waals surface area (Å²) in [5, 5.41) is 23.5. The number of allylic oxidation sites excluding steroid dienone is 2. The molecule has 252 valence electrons. The molecule has 2 aliphatic rings. The van der Waals surface area contributed by atoms with Crippen LogP contribution in [0.4, 0.5) is 0 Å². The maximum Gasteiger partial charge on any atom is 0.343 e. The van der Waals surface area contributed by atoms with Crippen molar-refractivity contribution in [2.75, 3.05) is 0 Å². The highest BCUT2D eigenvalue weighted by molar-refractivity contribution is 6.13. The maximum absolute atomic E-state index is 14.0. The first kappa shape index (κ1) is 33.0. The van der Waals surface area contributed by atoms with Crippen LogP contribution in [0.1, 0.15) is 65.6 Å². The average molecular weight is 677 g/mol. The number of aliphatic hydroxyl groups is 2. The van der Waals surface area contributed by atoms with Gasteiger partial charge in [0.25, 0.3) is 0 Å². The molecule has 0 saturated heterocycles. The highest BCUT2D eigenvalue weighted by Crippen LogP contribution is 2.46. The number of hydrogen-bond donors (Lipinski definition) is 2. The molecule has 2 N–H and O–H groups in total. The predicted molar refractivity (Wildman–Crippen MR) is 191 cm³/mol. The molecule has 0 fully saturated rings. The van der Waals surface area contributed by atoms with E-state index >= 15 is 0 Å². The minimum Gasteiger partial charge on any atom is -0.507 e. The molecule has 5 aromatic rings. The molecular weight excluding hydrogens is 644 g/mol. The zero-order valence-corrected chi connectivity index (χ0v) is 27.8. The lowest BCUT2D eigenvalue weighted by molar-refractivity contribution is -0.115. The molecule has 0 aliphatic heterocycles. The van der Waals surface area contributed by atoms with Crippen molar-refractivity contribution in [3.63, 3.8) is 0 Å². The van der Waals surface area contributed by atoms with Gasteiger partial charge in [-0.05, 0) is 66.9 Å². The summed E-state index contributed by atoms with van der Waals surface area (Å²) in [6, 6.07) is 31.6. The standard InChI is InChI=1S/C43H32O8/c1-24-11-15-26(16-12-24)42(48)50-31-19-30(20-32(23-31)51-43(49)27-17-13-25(2)14-18-27)37(38-35(44)21-28-7-3-5-9-33(28)40(38)46)39-36(45)22-29-8-4-6-10-34(29)41(39)47/h3-20,23,37,46-47H,21-22H2,1-2H3. The Labute approximate surface area is 293 Å². The van der Waals surface area contributed by atoms with Gasteiger partial charge in [0.1, 0.15) is 23.0 Å². The molecule has 0 saturated carbocycles. The van der Waals surface area contributed by atoms with Crippen LogP contribution in [-0.4, -0.2) is 33.7 Å². The SMILES string of the molecule is Cc1ccc(C(=O)Oc2cc(OC(=O)c3ccc(C)cc3)cc(C(C3=C(O)c4ccccc4CC3=O)C3=C(O)c4ccccc4CC3=O)c2)cc1. The van der Waals surface area contributed by atoms with Crippen LogP contribution in [0.15, 0.2) is 126 Å². The highest BCUT2D eigenvalue weighted by Gasteiger charge is 2.40. The first-order chi connectivity index (χ1) is 24.6. The van der Waals surface area contributed by atoms with Crippen LogP contribution in [0.5, 0.6) is 11.5 Å². The highest BCUT2D eigenvalue weighted by atomic mass is 16.5. The van der Waals surface area contributed by atoms with Gasteiger partial charge in [0, 0.05) is 36.0 Å². The number of Topliss-reactive ketones (excluding diaryl/α,β-unsaturated/α-hetero) is 2. The third-order valence-corrected chi connectivity index (χ3v) is 9.17. The smallest absolute Gasteiger partial charge is 0.343 e. The van der Waals surface area contributed by atoms with E-state index in [-0.39, 0.29) is 63.7 Å². The van der Waals surface area contributed by atoms with Crippen molar-refractivity contribution in [1.29, 1.82) is 0 Å². The minimum absolute atomic E-state index is 0.0534. The monoisotopic (exact) mass is 676 g/mol. The van der Waals surface area contributed by atoms with Gasteiger partial charge in [-0.2, -0.15) is 0 Å². The van der Waals surface area contributed by atoms with Crippen molar-refractivity contribution in [3.05, 3.63) is 176 Å². The van der Waals surface area contributed by atoms with Gasteiger partial charge >= 0.3 is 11.9 Å². The zero-order valence-electron chi connectivity index (χ0n) is 27.8. The van der Waals surface area contributed by atoms with Crippen LogP contribution in [-0.2, 0) is 22.4 Å². The number of carbonyl (C=O) groups is 4. The maximum atomic E-state index is 14.0. The van der Waals surface area contributed by atoms with Crippen LogP contribution in [0.2, 0.25) is 0 Å². The molecule has 51 heavy (non-hydrogen) atoms. The Bertz CT molecular complexity index is 2150. The van der Waals surface area contributed by atoms with Crippen LogP contribution in [0.3, 0.4) is 0 Å². The van der Waals surface area contributed by atoms with E-state index in [0.29, 0.717) is 22.3 Å². The molecule has 8 heteroatoms. The Morgan fingerprint density at radius 3 is 1.37 bits per heavy atom. The summed E-state index contributed by atoms with van der Waals surface area (Å²) in [4.78, 5) is 54.7. The lowest BCUT2D eigenvalue weighted by Crippen LogP contribution is -2.28. The fraction of sp³-hybridized carbons (Fsp3) is 0.116. The molecule has 0 unspecified atom stereocenters. The summed E-state index contributed by atoms with van der Waals surface area (Å²) < 4.78 is 11.6. The summed E-state index contributed by atoms with van der Waals surface area (Å²) in [7, 11) is 0. The number of carbonyl (C=O) groups excluding carboxylic acids is 4. The largest absolute Gasteiger partial charge is 0.507 e. The Hall–Kier alpha value is -6.54. The van der Waals surface area contributed by atoms with Gasteiger partial charge in [-0.25, -0.2) is 9.59 Å². The Morgan fingerprint density at radius 1 is 0.569 bits per heavy atom. The number of benzene rings is 5. The van der Waals surface area contributed by atoms with Gasteiger partial charge in [0.15, 0.2) is 11.6 Å². The molecule has 0 atom stereocenters. The van der Waals surface area contributed by atoms with Gasteiger partial charge < -0.3 is 19.7 Å². The van der Waals surface area contributed by atoms with E-state index in [9.17, 15) is 29.4 Å². The molecule has 7 rings (SSSR count). The van der Waals surface area contributed by atoms with Gasteiger partial charge in [0.05, 0.1) is 22.3 Å². The van der Waals surface area contributed by atoms with Crippen molar-refractivity contribution in [2.45, 2.75) is 32.6 Å². The molecule has 0 amide bonds. The number of fused-ring (bicyclic) bond motifs is 2. The second-order valence-corrected chi connectivity index (χ2v) is 12.7. The van der Waals surface area contributed by atoms with E-state index in [1.807, 2.05) is 13.8 Å².